The van der Waals surface area contributed by atoms with Gasteiger partial charge in [-0.05, 0) is 38.7 Å². The molecule has 0 amide bonds. The van der Waals surface area contributed by atoms with E-state index in [0.717, 1.165) is 36.1 Å². The Morgan fingerprint density at radius 3 is 2.81 bits per heavy atom. The van der Waals surface area contributed by atoms with Crippen LogP contribution in [-0.2, 0) is 13.6 Å². The number of guanidine groups is 1. The van der Waals surface area contributed by atoms with Gasteiger partial charge < -0.3 is 25.0 Å². The number of hydrogen-bond donors (Lipinski definition) is 2. The first-order valence-electron chi connectivity index (χ1n) is 9.12. The van der Waals surface area contributed by atoms with Crippen molar-refractivity contribution in [1.29, 1.82) is 0 Å². The summed E-state index contributed by atoms with van der Waals surface area (Å²) in [4.78, 5) is 6.87. The number of nitrogens with zero attached hydrogens (tertiary/aromatic N) is 4. The molecule has 1 aromatic carbocycles. The summed E-state index contributed by atoms with van der Waals surface area (Å²) in [5.74, 6) is 2.36. The maximum absolute atomic E-state index is 5.43. The first-order chi connectivity index (χ1) is 13.1. The highest BCUT2D eigenvalue weighted by Crippen LogP contribution is 2.32. The minimum absolute atomic E-state index is 0.202. The molecule has 146 valence electrons. The van der Waals surface area contributed by atoms with Gasteiger partial charge in [-0.3, -0.25) is 4.68 Å². The van der Waals surface area contributed by atoms with Gasteiger partial charge in [0.1, 0.15) is 0 Å². The van der Waals surface area contributed by atoms with Gasteiger partial charge in [0.05, 0.1) is 18.8 Å². The number of ether oxygens (including phenoxy) is 2. The number of fused-ring (bicyclic) bond motifs is 1. The summed E-state index contributed by atoms with van der Waals surface area (Å²) < 4.78 is 12.6. The lowest BCUT2D eigenvalue weighted by molar-refractivity contribution is 0.174. The Labute approximate surface area is 160 Å². The molecule has 2 aromatic rings. The summed E-state index contributed by atoms with van der Waals surface area (Å²) in [5.41, 5.74) is 2.24. The molecule has 0 spiro atoms. The normalized spacial score (nSPS) is 14.5. The van der Waals surface area contributed by atoms with E-state index in [1.807, 2.05) is 42.3 Å². The third kappa shape index (κ3) is 4.91. The van der Waals surface area contributed by atoms with E-state index >= 15 is 0 Å². The summed E-state index contributed by atoms with van der Waals surface area (Å²) in [7, 11) is 6.06. The predicted octanol–water partition coefficient (Wildman–Crippen LogP) is 1.51. The van der Waals surface area contributed by atoms with Crippen LogP contribution >= 0.6 is 0 Å². The summed E-state index contributed by atoms with van der Waals surface area (Å²) in [6, 6.07) is 6.12. The van der Waals surface area contributed by atoms with E-state index in [2.05, 4.69) is 41.7 Å². The number of aryl methyl sites for hydroxylation is 1. The van der Waals surface area contributed by atoms with Crippen LogP contribution in [0.3, 0.4) is 0 Å². The van der Waals surface area contributed by atoms with Gasteiger partial charge in [0, 0.05) is 31.9 Å². The van der Waals surface area contributed by atoms with Crippen LogP contribution < -0.4 is 20.1 Å². The zero-order valence-electron chi connectivity index (χ0n) is 16.4. The van der Waals surface area contributed by atoms with Gasteiger partial charge in [-0.1, -0.05) is 6.07 Å². The second-order valence-corrected chi connectivity index (χ2v) is 6.69. The van der Waals surface area contributed by atoms with E-state index in [1.54, 1.807) is 0 Å². The molecule has 0 radical (unpaired) electrons. The summed E-state index contributed by atoms with van der Waals surface area (Å²) in [6.07, 6.45) is 3.95. The lowest BCUT2D eigenvalue weighted by atomic mass is 10.1. The molecule has 0 bridgehead atoms. The first-order valence-corrected chi connectivity index (χ1v) is 9.12. The van der Waals surface area contributed by atoms with Gasteiger partial charge in [0.25, 0.3) is 0 Å². The Balaban J connectivity index is 1.64. The van der Waals surface area contributed by atoms with Gasteiger partial charge >= 0.3 is 0 Å². The van der Waals surface area contributed by atoms with Gasteiger partial charge in [0.2, 0.25) is 6.79 Å². The van der Waals surface area contributed by atoms with E-state index in [-0.39, 0.29) is 12.8 Å². The van der Waals surface area contributed by atoms with E-state index in [4.69, 9.17) is 14.5 Å². The molecular formula is C19H28N6O2. The lowest BCUT2D eigenvalue weighted by Crippen LogP contribution is -2.41. The van der Waals surface area contributed by atoms with Crippen LogP contribution in [0.2, 0.25) is 0 Å². The Hall–Kier alpha value is -2.74. The van der Waals surface area contributed by atoms with Crippen molar-refractivity contribution in [3.63, 3.8) is 0 Å². The Bertz CT molecular complexity index is 786. The SMILES string of the molecule is CCNC(=NCc1ccc2c(c1)OCO2)NCC(c1cnn(C)c1)N(C)C. The fourth-order valence-corrected chi connectivity index (χ4v) is 2.96. The molecule has 0 aliphatic carbocycles. The monoisotopic (exact) mass is 372 g/mol. The molecular weight excluding hydrogens is 344 g/mol. The minimum atomic E-state index is 0.202. The molecule has 1 aliphatic rings. The summed E-state index contributed by atoms with van der Waals surface area (Å²) in [6.45, 7) is 4.43. The quantitative estimate of drug-likeness (QED) is 0.567. The molecule has 27 heavy (non-hydrogen) atoms. The van der Waals surface area contributed by atoms with E-state index < -0.39 is 0 Å². The number of benzene rings is 1. The maximum Gasteiger partial charge on any atom is 0.231 e. The molecule has 0 saturated heterocycles. The van der Waals surface area contributed by atoms with E-state index in [0.29, 0.717) is 6.54 Å². The standard InChI is InChI=1S/C19H28N6O2/c1-5-20-19(21-9-14-6-7-17-18(8-14)27-13-26-17)22-11-16(24(2)3)15-10-23-25(4)12-15/h6-8,10,12,16H,5,9,11,13H2,1-4H3,(H2,20,21,22). The maximum atomic E-state index is 5.43. The number of hydrogen-bond acceptors (Lipinski definition) is 5. The molecule has 8 nitrogen and oxygen atoms in total. The average Bonchev–Trinajstić information content (AvgIpc) is 3.27. The molecule has 1 aromatic heterocycles. The van der Waals surface area contributed by atoms with Crippen LogP contribution in [0.15, 0.2) is 35.6 Å². The van der Waals surface area contributed by atoms with Crippen molar-refractivity contribution in [2.24, 2.45) is 12.0 Å². The molecule has 2 N–H and O–H groups in total. The highest BCUT2D eigenvalue weighted by atomic mass is 16.7. The summed E-state index contributed by atoms with van der Waals surface area (Å²) >= 11 is 0. The van der Waals surface area contributed by atoms with Crippen LogP contribution in [0.25, 0.3) is 0 Å². The Kier molecular flexibility index (Phi) is 6.18. The lowest BCUT2D eigenvalue weighted by Gasteiger charge is -2.24. The van der Waals surface area contributed by atoms with Crippen LogP contribution in [0, 0.1) is 0 Å². The van der Waals surface area contributed by atoms with E-state index in [1.165, 1.54) is 5.56 Å². The zero-order chi connectivity index (χ0) is 19.2. The number of rotatable bonds is 7. The topological polar surface area (TPSA) is 75.9 Å². The molecule has 8 heteroatoms. The Morgan fingerprint density at radius 2 is 2.11 bits per heavy atom. The zero-order valence-corrected chi connectivity index (χ0v) is 16.4. The smallest absolute Gasteiger partial charge is 0.231 e. The predicted molar refractivity (Wildman–Crippen MR) is 105 cm³/mol. The fraction of sp³-hybridized carbons (Fsp3) is 0.474. The number of likely N-dealkylation sites (N-methyl/N-ethyl adjacent to an activating group) is 1. The van der Waals surface area contributed by atoms with Crippen molar-refractivity contribution in [2.75, 3.05) is 34.0 Å². The van der Waals surface area contributed by atoms with Gasteiger partial charge in [-0.25, -0.2) is 4.99 Å². The highest BCUT2D eigenvalue weighted by molar-refractivity contribution is 5.79. The van der Waals surface area contributed by atoms with Crippen LogP contribution in [0.1, 0.15) is 24.1 Å². The average molecular weight is 372 g/mol. The van der Waals surface area contributed by atoms with Crippen molar-refractivity contribution in [2.45, 2.75) is 19.5 Å². The third-order valence-electron chi connectivity index (χ3n) is 4.40. The molecule has 1 unspecified atom stereocenters. The van der Waals surface area contributed by atoms with Crippen molar-refractivity contribution >= 4 is 5.96 Å². The van der Waals surface area contributed by atoms with Crippen LogP contribution in [0.5, 0.6) is 11.5 Å². The van der Waals surface area contributed by atoms with Crippen molar-refractivity contribution in [3.05, 3.63) is 41.7 Å². The summed E-state index contributed by atoms with van der Waals surface area (Å²) in [5, 5.41) is 11.0. The molecule has 0 fully saturated rings. The van der Waals surface area contributed by atoms with E-state index in [9.17, 15) is 0 Å². The van der Waals surface area contributed by atoms with Crippen molar-refractivity contribution in [1.82, 2.24) is 25.3 Å². The van der Waals surface area contributed by atoms with Gasteiger partial charge in [-0.15, -0.1) is 0 Å². The van der Waals surface area contributed by atoms with Crippen molar-refractivity contribution in [3.8, 4) is 11.5 Å². The number of aliphatic imine (C=N–C) groups is 1. The number of nitrogens with one attached hydrogen (secondary N) is 2. The Morgan fingerprint density at radius 1 is 1.30 bits per heavy atom. The molecule has 1 aliphatic heterocycles. The molecule has 1 atom stereocenters. The second-order valence-electron chi connectivity index (χ2n) is 6.69. The van der Waals surface area contributed by atoms with Gasteiger partial charge in [-0.2, -0.15) is 5.10 Å². The van der Waals surface area contributed by atoms with Crippen LogP contribution in [0.4, 0.5) is 0 Å². The van der Waals surface area contributed by atoms with Crippen molar-refractivity contribution < 1.29 is 9.47 Å². The minimum Gasteiger partial charge on any atom is -0.454 e. The third-order valence-corrected chi connectivity index (χ3v) is 4.40. The number of aromatic nitrogens is 2. The molecule has 3 rings (SSSR count). The van der Waals surface area contributed by atoms with Crippen LogP contribution in [-0.4, -0.2) is 54.6 Å². The molecule has 0 saturated carbocycles. The van der Waals surface area contributed by atoms with Gasteiger partial charge in [0.15, 0.2) is 17.5 Å². The first kappa shape index (κ1) is 19.0. The fourth-order valence-electron chi connectivity index (χ4n) is 2.96. The molecule has 2 heterocycles. The second kappa shape index (κ2) is 8.77. The largest absolute Gasteiger partial charge is 0.454 e. The highest BCUT2D eigenvalue weighted by Gasteiger charge is 2.16.